The van der Waals surface area contributed by atoms with Crippen LogP contribution < -0.4 is 10.2 Å². The molecule has 5 nitrogen and oxygen atoms in total. The largest absolute Gasteiger partial charge is 0.350 e. The van der Waals surface area contributed by atoms with E-state index in [1.807, 2.05) is 18.7 Å². The monoisotopic (exact) mass is 250 g/mol. The Bertz CT molecular complexity index is 388. The lowest BCUT2D eigenvalue weighted by atomic mass is 10.2. The lowest BCUT2D eigenvalue weighted by Crippen LogP contribution is -2.29. The summed E-state index contributed by atoms with van der Waals surface area (Å²) in [4.78, 5) is 22.4. The molecule has 0 aliphatic heterocycles. The van der Waals surface area contributed by atoms with Crippen molar-refractivity contribution in [1.29, 1.82) is 0 Å². The Morgan fingerprint density at radius 3 is 2.61 bits per heavy atom. The van der Waals surface area contributed by atoms with Crippen LogP contribution in [0, 0.1) is 5.92 Å². The molecule has 0 radical (unpaired) electrons. The Kier molecular flexibility index (Phi) is 5.55. The Hall–Kier alpha value is -1.65. The standard InChI is InChI=1S/C13H22N4O/c1-5-17(6-2)13-14-8-7-11(16-13)12(18)15-9-10(3)4/h7-8,10H,5-6,9H2,1-4H3,(H,15,18). The lowest BCUT2D eigenvalue weighted by Gasteiger charge is -2.18. The van der Waals surface area contributed by atoms with Gasteiger partial charge in [0.25, 0.3) is 5.91 Å². The topological polar surface area (TPSA) is 58.1 Å². The minimum absolute atomic E-state index is 0.139. The quantitative estimate of drug-likeness (QED) is 0.835. The average Bonchev–Trinajstić information content (AvgIpc) is 2.38. The summed E-state index contributed by atoms with van der Waals surface area (Å²) < 4.78 is 0. The Balaban J connectivity index is 2.78. The van der Waals surface area contributed by atoms with Gasteiger partial charge in [-0.15, -0.1) is 0 Å². The van der Waals surface area contributed by atoms with E-state index in [0.29, 0.717) is 24.1 Å². The number of anilines is 1. The molecule has 1 amide bonds. The molecule has 0 unspecified atom stereocenters. The normalized spacial score (nSPS) is 10.5. The Morgan fingerprint density at radius 1 is 1.39 bits per heavy atom. The summed E-state index contributed by atoms with van der Waals surface area (Å²) in [6, 6.07) is 1.64. The van der Waals surface area contributed by atoms with Crippen molar-refractivity contribution in [2.75, 3.05) is 24.5 Å². The predicted molar refractivity (Wildman–Crippen MR) is 72.8 cm³/mol. The van der Waals surface area contributed by atoms with Gasteiger partial charge in [-0.3, -0.25) is 4.79 Å². The molecular formula is C13H22N4O. The first-order valence-electron chi connectivity index (χ1n) is 6.44. The van der Waals surface area contributed by atoms with Gasteiger partial charge in [0.2, 0.25) is 5.95 Å². The fourth-order valence-corrected chi connectivity index (χ4v) is 1.52. The van der Waals surface area contributed by atoms with E-state index in [0.717, 1.165) is 13.1 Å². The van der Waals surface area contributed by atoms with Crippen LogP contribution in [-0.2, 0) is 0 Å². The number of carbonyl (C=O) groups excluding carboxylic acids is 1. The zero-order valence-corrected chi connectivity index (χ0v) is 11.6. The molecule has 1 N–H and O–H groups in total. The highest BCUT2D eigenvalue weighted by atomic mass is 16.1. The van der Waals surface area contributed by atoms with Gasteiger partial charge in [0.1, 0.15) is 5.69 Å². The molecule has 0 aromatic carbocycles. The molecule has 0 bridgehead atoms. The molecule has 1 aromatic rings. The fourth-order valence-electron chi connectivity index (χ4n) is 1.52. The summed E-state index contributed by atoms with van der Waals surface area (Å²) in [7, 11) is 0. The van der Waals surface area contributed by atoms with Crippen LogP contribution in [0.5, 0.6) is 0 Å². The number of carbonyl (C=O) groups is 1. The van der Waals surface area contributed by atoms with Crippen molar-refractivity contribution in [1.82, 2.24) is 15.3 Å². The molecule has 0 saturated heterocycles. The van der Waals surface area contributed by atoms with Gasteiger partial charge < -0.3 is 10.2 Å². The molecule has 1 rings (SSSR count). The van der Waals surface area contributed by atoms with Gasteiger partial charge in [-0.2, -0.15) is 0 Å². The number of nitrogens with zero attached hydrogens (tertiary/aromatic N) is 3. The molecule has 0 spiro atoms. The van der Waals surface area contributed by atoms with Crippen molar-refractivity contribution in [3.63, 3.8) is 0 Å². The van der Waals surface area contributed by atoms with E-state index in [9.17, 15) is 4.79 Å². The van der Waals surface area contributed by atoms with E-state index in [2.05, 4.69) is 29.1 Å². The Labute approximate surface area is 109 Å². The van der Waals surface area contributed by atoms with Crippen LogP contribution >= 0.6 is 0 Å². The zero-order valence-electron chi connectivity index (χ0n) is 11.6. The summed E-state index contributed by atoms with van der Waals surface area (Å²) in [6.07, 6.45) is 1.63. The first kappa shape index (κ1) is 14.4. The number of nitrogens with one attached hydrogen (secondary N) is 1. The van der Waals surface area contributed by atoms with Crippen molar-refractivity contribution in [2.24, 2.45) is 5.92 Å². The van der Waals surface area contributed by atoms with Crippen molar-refractivity contribution in [2.45, 2.75) is 27.7 Å². The summed E-state index contributed by atoms with van der Waals surface area (Å²) in [6.45, 7) is 10.5. The molecule has 0 saturated carbocycles. The Morgan fingerprint density at radius 2 is 2.06 bits per heavy atom. The van der Waals surface area contributed by atoms with E-state index >= 15 is 0 Å². The van der Waals surface area contributed by atoms with Crippen LogP contribution in [0.25, 0.3) is 0 Å². The summed E-state index contributed by atoms with van der Waals surface area (Å²) >= 11 is 0. The SMILES string of the molecule is CCN(CC)c1nccc(C(=O)NCC(C)C)n1. The predicted octanol–water partition coefficient (Wildman–Crippen LogP) is 1.71. The van der Waals surface area contributed by atoms with Crippen molar-refractivity contribution in [3.05, 3.63) is 18.0 Å². The minimum atomic E-state index is -0.139. The molecule has 1 heterocycles. The van der Waals surface area contributed by atoms with Crippen molar-refractivity contribution < 1.29 is 4.79 Å². The molecule has 100 valence electrons. The fraction of sp³-hybridized carbons (Fsp3) is 0.615. The first-order chi connectivity index (χ1) is 8.58. The van der Waals surface area contributed by atoms with Gasteiger partial charge in [0.05, 0.1) is 0 Å². The van der Waals surface area contributed by atoms with Crippen LogP contribution in [0.3, 0.4) is 0 Å². The summed E-state index contributed by atoms with van der Waals surface area (Å²) in [5.41, 5.74) is 0.424. The number of aromatic nitrogens is 2. The highest BCUT2D eigenvalue weighted by Crippen LogP contribution is 2.07. The third-order valence-corrected chi connectivity index (χ3v) is 2.59. The molecule has 0 aliphatic carbocycles. The van der Waals surface area contributed by atoms with Crippen LogP contribution in [0.15, 0.2) is 12.3 Å². The molecule has 5 heteroatoms. The van der Waals surface area contributed by atoms with Crippen molar-refractivity contribution in [3.8, 4) is 0 Å². The van der Waals surface area contributed by atoms with Crippen LogP contribution in [0.1, 0.15) is 38.2 Å². The summed E-state index contributed by atoms with van der Waals surface area (Å²) in [5.74, 6) is 0.898. The molecule has 0 fully saturated rings. The van der Waals surface area contributed by atoms with Gasteiger partial charge in [0, 0.05) is 25.8 Å². The van der Waals surface area contributed by atoms with E-state index in [1.54, 1.807) is 12.3 Å². The lowest BCUT2D eigenvalue weighted by molar-refractivity contribution is 0.0944. The van der Waals surface area contributed by atoms with E-state index in [4.69, 9.17) is 0 Å². The average molecular weight is 250 g/mol. The third-order valence-electron chi connectivity index (χ3n) is 2.59. The molecule has 18 heavy (non-hydrogen) atoms. The zero-order chi connectivity index (χ0) is 13.5. The van der Waals surface area contributed by atoms with Gasteiger partial charge >= 0.3 is 0 Å². The molecule has 0 atom stereocenters. The van der Waals surface area contributed by atoms with Crippen molar-refractivity contribution >= 4 is 11.9 Å². The van der Waals surface area contributed by atoms with Gasteiger partial charge in [0.15, 0.2) is 0 Å². The van der Waals surface area contributed by atoms with E-state index < -0.39 is 0 Å². The molecule has 0 aliphatic rings. The number of hydrogen-bond donors (Lipinski definition) is 1. The number of amides is 1. The van der Waals surface area contributed by atoms with Crippen LogP contribution in [0.2, 0.25) is 0 Å². The van der Waals surface area contributed by atoms with Crippen LogP contribution in [-0.4, -0.2) is 35.5 Å². The van der Waals surface area contributed by atoms with Gasteiger partial charge in [-0.05, 0) is 25.8 Å². The number of hydrogen-bond acceptors (Lipinski definition) is 4. The first-order valence-corrected chi connectivity index (χ1v) is 6.44. The van der Waals surface area contributed by atoms with Gasteiger partial charge in [-0.25, -0.2) is 9.97 Å². The maximum absolute atomic E-state index is 11.9. The highest BCUT2D eigenvalue weighted by molar-refractivity contribution is 5.92. The third kappa shape index (κ3) is 3.98. The second kappa shape index (κ2) is 6.93. The maximum atomic E-state index is 11.9. The van der Waals surface area contributed by atoms with Crippen LogP contribution in [0.4, 0.5) is 5.95 Å². The maximum Gasteiger partial charge on any atom is 0.270 e. The van der Waals surface area contributed by atoms with Gasteiger partial charge in [-0.1, -0.05) is 13.8 Å². The van der Waals surface area contributed by atoms with E-state index in [-0.39, 0.29) is 5.91 Å². The second-order valence-electron chi connectivity index (χ2n) is 4.52. The minimum Gasteiger partial charge on any atom is -0.350 e. The second-order valence-corrected chi connectivity index (χ2v) is 4.52. The molecule has 1 aromatic heterocycles. The highest BCUT2D eigenvalue weighted by Gasteiger charge is 2.11. The van der Waals surface area contributed by atoms with E-state index in [1.165, 1.54) is 0 Å². The molecular weight excluding hydrogens is 228 g/mol. The smallest absolute Gasteiger partial charge is 0.270 e. The summed E-state index contributed by atoms with van der Waals surface area (Å²) in [5, 5.41) is 2.85. The number of rotatable bonds is 6.